The molecule has 0 aromatic carbocycles. The van der Waals surface area contributed by atoms with Crippen molar-refractivity contribution in [2.24, 2.45) is 5.73 Å². The van der Waals surface area contributed by atoms with Crippen LogP contribution in [0.5, 0.6) is 0 Å². The SMILES string of the molecule is CSCCC(NC(=O)C(CC(=O)O)NC(=O)C(CC(=O)O)NC(=O)C(N)Cc1cnc[nH]1)C(=O)O. The molecule has 0 aliphatic heterocycles. The van der Waals surface area contributed by atoms with Crippen LogP contribution in [0.3, 0.4) is 0 Å². The Morgan fingerprint density at radius 2 is 1.46 bits per heavy atom. The van der Waals surface area contributed by atoms with E-state index in [4.69, 9.17) is 15.9 Å². The van der Waals surface area contributed by atoms with Crippen LogP contribution in [-0.4, -0.2) is 97.1 Å². The van der Waals surface area contributed by atoms with Crippen LogP contribution in [0.1, 0.15) is 25.0 Å². The van der Waals surface area contributed by atoms with Crippen molar-refractivity contribution < 1.29 is 44.1 Å². The zero-order chi connectivity index (χ0) is 26.5. The molecule has 1 aromatic heterocycles. The molecule has 9 N–H and O–H groups in total. The van der Waals surface area contributed by atoms with Crippen LogP contribution >= 0.6 is 11.8 Å². The highest BCUT2D eigenvalue weighted by molar-refractivity contribution is 7.98. The number of nitrogens with one attached hydrogen (secondary N) is 4. The number of nitrogens with zero attached hydrogens (tertiary/aromatic N) is 1. The van der Waals surface area contributed by atoms with Gasteiger partial charge in [0.15, 0.2) is 0 Å². The number of carboxylic acids is 3. The van der Waals surface area contributed by atoms with E-state index < -0.39 is 72.6 Å². The number of carbonyl (C=O) groups excluding carboxylic acids is 3. The Morgan fingerprint density at radius 3 is 1.89 bits per heavy atom. The lowest BCUT2D eigenvalue weighted by atomic mass is 10.1. The van der Waals surface area contributed by atoms with Gasteiger partial charge < -0.3 is 42.0 Å². The van der Waals surface area contributed by atoms with Gasteiger partial charge in [-0.05, 0) is 18.4 Å². The molecule has 0 aliphatic rings. The number of thioether (sulfide) groups is 1. The molecule has 15 nitrogen and oxygen atoms in total. The van der Waals surface area contributed by atoms with E-state index >= 15 is 0 Å². The van der Waals surface area contributed by atoms with Crippen LogP contribution < -0.4 is 21.7 Å². The molecule has 0 radical (unpaired) electrons. The Morgan fingerprint density at radius 1 is 0.943 bits per heavy atom. The summed E-state index contributed by atoms with van der Waals surface area (Å²) in [6.07, 6.45) is 2.76. The van der Waals surface area contributed by atoms with Crippen LogP contribution in [0, 0.1) is 0 Å². The van der Waals surface area contributed by atoms with E-state index in [-0.39, 0.29) is 12.8 Å². The van der Waals surface area contributed by atoms with Gasteiger partial charge in [0.25, 0.3) is 0 Å². The molecular weight excluding hydrogens is 488 g/mol. The van der Waals surface area contributed by atoms with Crippen LogP contribution in [0.2, 0.25) is 0 Å². The third-order valence-electron chi connectivity index (χ3n) is 4.58. The van der Waals surface area contributed by atoms with Crippen molar-refractivity contribution in [3.63, 3.8) is 0 Å². The molecule has 1 heterocycles. The summed E-state index contributed by atoms with van der Waals surface area (Å²) in [6.45, 7) is 0. The quantitative estimate of drug-likeness (QED) is 0.114. The van der Waals surface area contributed by atoms with Crippen molar-refractivity contribution in [2.45, 2.75) is 49.9 Å². The number of nitrogens with two attached hydrogens (primary N) is 1. The van der Waals surface area contributed by atoms with E-state index in [1.165, 1.54) is 24.3 Å². The van der Waals surface area contributed by atoms with E-state index in [0.29, 0.717) is 11.4 Å². The van der Waals surface area contributed by atoms with Crippen molar-refractivity contribution in [3.05, 3.63) is 18.2 Å². The number of carboxylic acid groups (broad SMARTS) is 3. The Bertz CT molecular complexity index is 911. The monoisotopic (exact) mass is 516 g/mol. The second kappa shape index (κ2) is 14.6. The fourth-order valence-electron chi connectivity index (χ4n) is 2.81. The fourth-order valence-corrected chi connectivity index (χ4v) is 3.28. The van der Waals surface area contributed by atoms with Gasteiger partial charge in [0.2, 0.25) is 17.7 Å². The number of aromatic nitrogens is 2. The van der Waals surface area contributed by atoms with Gasteiger partial charge >= 0.3 is 17.9 Å². The Labute approximate surface area is 203 Å². The van der Waals surface area contributed by atoms with Gasteiger partial charge in [0.05, 0.1) is 25.2 Å². The van der Waals surface area contributed by atoms with Gasteiger partial charge in [-0.1, -0.05) is 0 Å². The number of aromatic amines is 1. The molecule has 16 heteroatoms. The summed E-state index contributed by atoms with van der Waals surface area (Å²) >= 11 is 1.33. The lowest BCUT2D eigenvalue weighted by Crippen LogP contribution is -2.58. The molecule has 0 spiro atoms. The van der Waals surface area contributed by atoms with Crippen molar-refractivity contribution in [2.75, 3.05) is 12.0 Å². The number of hydrogen-bond donors (Lipinski definition) is 8. The number of aliphatic carboxylic acids is 3. The van der Waals surface area contributed by atoms with Gasteiger partial charge in [-0.25, -0.2) is 9.78 Å². The van der Waals surface area contributed by atoms with Gasteiger partial charge in [-0.2, -0.15) is 11.8 Å². The summed E-state index contributed by atoms with van der Waals surface area (Å²) in [7, 11) is 0. The first-order valence-electron chi connectivity index (χ1n) is 10.2. The predicted octanol–water partition coefficient (Wildman–Crippen LogP) is -2.48. The highest BCUT2D eigenvalue weighted by Gasteiger charge is 2.32. The largest absolute Gasteiger partial charge is 0.481 e. The van der Waals surface area contributed by atoms with Gasteiger partial charge in [0.1, 0.15) is 18.1 Å². The summed E-state index contributed by atoms with van der Waals surface area (Å²) in [6, 6.07) is -5.93. The first-order valence-corrected chi connectivity index (χ1v) is 11.6. The van der Waals surface area contributed by atoms with E-state index in [0.717, 1.165) is 0 Å². The smallest absolute Gasteiger partial charge is 0.326 e. The fraction of sp³-hybridized carbons (Fsp3) is 0.526. The second-order valence-electron chi connectivity index (χ2n) is 7.39. The number of carbonyl (C=O) groups is 6. The minimum Gasteiger partial charge on any atom is -0.481 e. The maximum atomic E-state index is 12.7. The molecular formula is C19H28N6O9S. The zero-order valence-corrected chi connectivity index (χ0v) is 19.5. The van der Waals surface area contributed by atoms with Gasteiger partial charge in [-0.15, -0.1) is 0 Å². The van der Waals surface area contributed by atoms with Gasteiger partial charge in [0, 0.05) is 18.3 Å². The second-order valence-corrected chi connectivity index (χ2v) is 8.37. The van der Waals surface area contributed by atoms with Gasteiger partial charge in [-0.3, -0.25) is 24.0 Å². The van der Waals surface area contributed by atoms with Crippen LogP contribution in [0.25, 0.3) is 0 Å². The lowest BCUT2D eigenvalue weighted by Gasteiger charge is -2.24. The number of amides is 3. The van der Waals surface area contributed by atoms with E-state index in [1.807, 2.05) is 0 Å². The Balaban J connectivity index is 2.94. The maximum Gasteiger partial charge on any atom is 0.326 e. The number of H-pyrrole nitrogens is 1. The van der Waals surface area contributed by atoms with Crippen LogP contribution in [0.4, 0.5) is 0 Å². The molecule has 4 atom stereocenters. The normalized spacial score (nSPS) is 14.1. The molecule has 0 saturated carbocycles. The molecule has 4 unspecified atom stereocenters. The molecule has 194 valence electrons. The number of rotatable bonds is 16. The third kappa shape index (κ3) is 10.9. The molecule has 1 aromatic rings. The first-order chi connectivity index (χ1) is 16.4. The summed E-state index contributed by atoms with van der Waals surface area (Å²) in [5.41, 5.74) is 6.30. The Kier molecular flexibility index (Phi) is 12.2. The minimum atomic E-state index is -1.73. The standard InChI is InChI=1S/C19H28N6O9S/c1-35-3-2-11(19(33)34)23-17(31)13(6-15(28)29)25-18(32)12(5-14(26)27)24-16(30)10(20)4-9-7-21-8-22-9/h7-8,10-13H,2-6,20H2,1H3,(H,21,22)(H,23,31)(H,24,30)(H,25,32)(H,26,27)(H,28,29)(H,33,34). The third-order valence-corrected chi connectivity index (χ3v) is 5.22. The average molecular weight is 517 g/mol. The lowest BCUT2D eigenvalue weighted by molar-refractivity contribution is -0.145. The summed E-state index contributed by atoms with van der Waals surface area (Å²) in [5, 5.41) is 33.9. The number of hydrogen-bond acceptors (Lipinski definition) is 9. The Hall–Kier alpha value is -3.66. The van der Waals surface area contributed by atoms with E-state index in [1.54, 1.807) is 6.26 Å². The van der Waals surface area contributed by atoms with E-state index in [9.17, 15) is 33.9 Å². The predicted molar refractivity (Wildman–Crippen MR) is 121 cm³/mol. The number of imidazole rings is 1. The molecule has 3 amide bonds. The molecule has 0 fully saturated rings. The van der Waals surface area contributed by atoms with Crippen LogP contribution in [0.15, 0.2) is 12.5 Å². The van der Waals surface area contributed by atoms with Crippen molar-refractivity contribution in [3.8, 4) is 0 Å². The van der Waals surface area contributed by atoms with Crippen molar-refractivity contribution >= 4 is 47.4 Å². The van der Waals surface area contributed by atoms with Crippen molar-refractivity contribution in [1.29, 1.82) is 0 Å². The van der Waals surface area contributed by atoms with E-state index in [2.05, 4.69) is 25.9 Å². The minimum absolute atomic E-state index is 0.00388. The highest BCUT2D eigenvalue weighted by atomic mass is 32.2. The topological polar surface area (TPSA) is 254 Å². The zero-order valence-electron chi connectivity index (χ0n) is 18.7. The van der Waals surface area contributed by atoms with Crippen molar-refractivity contribution in [1.82, 2.24) is 25.9 Å². The molecule has 0 saturated heterocycles. The summed E-state index contributed by atoms with van der Waals surface area (Å²) < 4.78 is 0. The average Bonchev–Trinajstić information content (AvgIpc) is 3.27. The maximum absolute atomic E-state index is 12.7. The molecule has 35 heavy (non-hydrogen) atoms. The molecule has 0 bridgehead atoms. The summed E-state index contributed by atoms with van der Waals surface area (Å²) in [5.74, 6) is -7.04. The highest BCUT2D eigenvalue weighted by Crippen LogP contribution is 2.05. The summed E-state index contributed by atoms with van der Waals surface area (Å²) in [4.78, 5) is 78.0. The molecule has 1 rings (SSSR count). The molecule has 0 aliphatic carbocycles. The first kappa shape index (κ1) is 29.4. The van der Waals surface area contributed by atoms with Crippen LogP contribution in [-0.2, 0) is 35.2 Å².